The van der Waals surface area contributed by atoms with Crippen molar-refractivity contribution in [1.82, 2.24) is 5.32 Å². The fraction of sp³-hybridized carbons (Fsp3) is 0.500. The lowest BCUT2D eigenvalue weighted by Gasteiger charge is -2.38. The molecule has 1 N–H and O–H groups in total. The van der Waals surface area contributed by atoms with E-state index in [0.717, 1.165) is 35.2 Å². The van der Waals surface area contributed by atoms with Gasteiger partial charge in [0.05, 0.1) is 0 Å². The molecule has 0 bridgehead atoms. The first-order valence-electron chi connectivity index (χ1n) is 6.59. The van der Waals surface area contributed by atoms with Crippen molar-refractivity contribution < 1.29 is 9.53 Å². The Balaban J connectivity index is 1.95. The molecule has 1 aliphatic heterocycles. The van der Waals surface area contributed by atoms with Gasteiger partial charge < -0.3 is 10.1 Å². The summed E-state index contributed by atoms with van der Waals surface area (Å²) in [6.45, 7) is 3.26. The minimum Gasteiger partial charge on any atom is -0.459 e. The van der Waals surface area contributed by atoms with Gasteiger partial charge in [-0.1, -0.05) is 36.8 Å². The van der Waals surface area contributed by atoms with Gasteiger partial charge in [0.15, 0.2) is 0 Å². The van der Waals surface area contributed by atoms with Crippen molar-refractivity contribution in [2.45, 2.75) is 37.5 Å². The summed E-state index contributed by atoms with van der Waals surface area (Å²) in [5, 5.41) is 3.34. The van der Waals surface area contributed by atoms with Gasteiger partial charge in [-0.15, -0.1) is 0 Å². The zero-order valence-electron chi connectivity index (χ0n) is 11.1. The zero-order valence-corrected chi connectivity index (χ0v) is 13.1. The van der Waals surface area contributed by atoms with Gasteiger partial charge in [0.25, 0.3) is 0 Å². The molecule has 0 aromatic heterocycles. The summed E-state index contributed by atoms with van der Waals surface area (Å²) >= 11 is 0. The fourth-order valence-corrected chi connectivity index (χ4v) is 3.21. The standard InChI is InChI=1S/C14H21NO2Si/c1-14(12(18)8-5-9-15-14)13(16)17-10-11-6-3-2-4-7-11/h2-4,6-7,12,15H,5,8-10H2,1,18H3/t12?,14-/m0/s1. The van der Waals surface area contributed by atoms with Crippen molar-refractivity contribution in [3.63, 3.8) is 0 Å². The monoisotopic (exact) mass is 263 g/mol. The average molecular weight is 263 g/mol. The Kier molecular flexibility index (Phi) is 4.19. The van der Waals surface area contributed by atoms with Crippen molar-refractivity contribution in [3.05, 3.63) is 35.9 Å². The number of hydrogen-bond donors (Lipinski definition) is 1. The summed E-state index contributed by atoms with van der Waals surface area (Å²) in [6, 6.07) is 9.83. The summed E-state index contributed by atoms with van der Waals surface area (Å²) in [5.74, 6) is -0.106. The van der Waals surface area contributed by atoms with E-state index in [2.05, 4.69) is 5.32 Å². The maximum Gasteiger partial charge on any atom is 0.326 e. The fourth-order valence-electron chi connectivity index (χ4n) is 2.37. The Hall–Kier alpha value is -1.13. The summed E-state index contributed by atoms with van der Waals surface area (Å²) in [6.07, 6.45) is 2.30. The first-order valence-corrected chi connectivity index (χ1v) is 7.74. The van der Waals surface area contributed by atoms with Crippen LogP contribution in [0.4, 0.5) is 0 Å². The highest BCUT2D eigenvalue weighted by Gasteiger charge is 2.41. The molecule has 0 aliphatic carbocycles. The molecule has 1 heterocycles. The minimum atomic E-state index is -0.473. The van der Waals surface area contributed by atoms with E-state index < -0.39 is 5.54 Å². The van der Waals surface area contributed by atoms with Gasteiger partial charge in [-0.3, -0.25) is 4.79 Å². The van der Waals surface area contributed by atoms with Gasteiger partial charge >= 0.3 is 5.97 Å². The van der Waals surface area contributed by atoms with E-state index in [1.807, 2.05) is 37.3 Å². The minimum absolute atomic E-state index is 0.106. The first kappa shape index (κ1) is 13.3. The number of carbonyl (C=O) groups is 1. The third kappa shape index (κ3) is 2.82. The third-order valence-corrected chi connectivity index (χ3v) is 5.66. The Morgan fingerprint density at radius 2 is 2.22 bits per heavy atom. The second-order valence-electron chi connectivity index (χ2n) is 5.23. The number of benzene rings is 1. The number of esters is 1. The summed E-state index contributed by atoms with van der Waals surface area (Å²) < 4.78 is 5.46. The zero-order chi connectivity index (χ0) is 13.0. The largest absolute Gasteiger partial charge is 0.459 e. The van der Waals surface area contributed by atoms with Crippen LogP contribution in [0.25, 0.3) is 0 Å². The number of hydrogen-bond acceptors (Lipinski definition) is 3. The number of nitrogens with one attached hydrogen (secondary N) is 1. The second-order valence-corrected chi connectivity index (χ2v) is 6.63. The average Bonchev–Trinajstić information content (AvgIpc) is 2.40. The summed E-state index contributed by atoms with van der Waals surface area (Å²) in [5.41, 5.74) is 1.02. The van der Waals surface area contributed by atoms with Crippen LogP contribution in [0.2, 0.25) is 5.54 Å². The van der Waals surface area contributed by atoms with Gasteiger partial charge in [-0.05, 0) is 31.0 Å². The molecule has 3 nitrogen and oxygen atoms in total. The van der Waals surface area contributed by atoms with Gasteiger partial charge in [0.1, 0.15) is 12.1 Å². The second kappa shape index (κ2) is 5.67. The van der Waals surface area contributed by atoms with Gasteiger partial charge in [0.2, 0.25) is 0 Å². The van der Waals surface area contributed by atoms with E-state index in [-0.39, 0.29) is 5.97 Å². The molecule has 0 saturated carbocycles. The van der Waals surface area contributed by atoms with E-state index >= 15 is 0 Å². The Bertz CT molecular complexity index is 410. The van der Waals surface area contributed by atoms with E-state index in [0.29, 0.717) is 12.1 Å². The molecule has 98 valence electrons. The summed E-state index contributed by atoms with van der Waals surface area (Å²) in [7, 11) is 1.02. The molecular formula is C14H21NO2Si. The van der Waals surface area contributed by atoms with Crippen LogP contribution in [0, 0.1) is 0 Å². The Morgan fingerprint density at radius 3 is 2.89 bits per heavy atom. The highest BCUT2D eigenvalue weighted by molar-refractivity contribution is 6.15. The highest BCUT2D eigenvalue weighted by Crippen LogP contribution is 2.30. The van der Waals surface area contributed by atoms with Crippen LogP contribution in [-0.4, -0.2) is 28.3 Å². The number of carbonyl (C=O) groups excluding carboxylic acids is 1. The molecule has 1 fully saturated rings. The SMILES string of the molecule is C[C@]1(C(=O)OCc2ccccc2)NCCCC1[SiH3]. The van der Waals surface area contributed by atoms with Gasteiger partial charge in [0, 0.05) is 10.2 Å². The van der Waals surface area contributed by atoms with E-state index in [1.54, 1.807) is 0 Å². The predicted octanol–water partition coefficient (Wildman–Crippen LogP) is 1.03. The maximum atomic E-state index is 12.2. The van der Waals surface area contributed by atoms with Crippen LogP contribution >= 0.6 is 0 Å². The molecule has 1 aromatic rings. The lowest BCUT2D eigenvalue weighted by Crippen LogP contribution is -2.56. The van der Waals surface area contributed by atoms with Gasteiger partial charge in [-0.2, -0.15) is 0 Å². The third-order valence-electron chi connectivity index (χ3n) is 3.93. The molecule has 18 heavy (non-hydrogen) atoms. The maximum absolute atomic E-state index is 12.2. The van der Waals surface area contributed by atoms with Crippen molar-refractivity contribution >= 4 is 16.2 Å². The Morgan fingerprint density at radius 1 is 1.50 bits per heavy atom. The van der Waals surface area contributed by atoms with Crippen LogP contribution in [-0.2, 0) is 16.1 Å². The van der Waals surface area contributed by atoms with Crippen molar-refractivity contribution in [1.29, 1.82) is 0 Å². The Labute approximate surface area is 111 Å². The molecule has 1 aromatic carbocycles. The lowest BCUT2D eigenvalue weighted by molar-refractivity contribution is -0.153. The predicted molar refractivity (Wildman–Crippen MR) is 75.6 cm³/mol. The number of rotatable bonds is 3. The van der Waals surface area contributed by atoms with Crippen LogP contribution < -0.4 is 5.32 Å². The lowest BCUT2D eigenvalue weighted by atomic mass is 9.90. The molecule has 0 amide bonds. The number of ether oxygens (including phenoxy) is 1. The van der Waals surface area contributed by atoms with Gasteiger partial charge in [-0.25, -0.2) is 0 Å². The quantitative estimate of drug-likeness (QED) is 0.654. The first-order chi connectivity index (χ1) is 8.63. The molecule has 2 rings (SSSR count). The molecule has 2 atom stereocenters. The molecule has 1 unspecified atom stereocenters. The van der Waals surface area contributed by atoms with E-state index in [4.69, 9.17) is 4.74 Å². The smallest absolute Gasteiger partial charge is 0.326 e. The topological polar surface area (TPSA) is 38.3 Å². The summed E-state index contributed by atoms with van der Waals surface area (Å²) in [4.78, 5) is 12.2. The molecular weight excluding hydrogens is 242 g/mol. The molecule has 1 aliphatic rings. The van der Waals surface area contributed by atoms with Crippen molar-refractivity contribution in [2.75, 3.05) is 6.54 Å². The highest BCUT2D eigenvalue weighted by atomic mass is 28.1. The van der Waals surface area contributed by atoms with E-state index in [9.17, 15) is 4.79 Å². The normalized spacial score (nSPS) is 27.9. The van der Waals surface area contributed by atoms with Crippen LogP contribution in [0.15, 0.2) is 30.3 Å². The molecule has 0 spiro atoms. The molecule has 4 heteroatoms. The van der Waals surface area contributed by atoms with E-state index in [1.165, 1.54) is 0 Å². The molecule has 1 saturated heterocycles. The van der Waals surface area contributed by atoms with Crippen molar-refractivity contribution in [2.24, 2.45) is 0 Å². The molecule has 0 radical (unpaired) electrons. The van der Waals surface area contributed by atoms with Crippen LogP contribution in [0.1, 0.15) is 25.3 Å². The number of piperidine rings is 1. The van der Waals surface area contributed by atoms with Crippen LogP contribution in [0.3, 0.4) is 0 Å². The van der Waals surface area contributed by atoms with Crippen LogP contribution in [0.5, 0.6) is 0 Å². The van der Waals surface area contributed by atoms with Crippen molar-refractivity contribution in [3.8, 4) is 0 Å².